The summed E-state index contributed by atoms with van der Waals surface area (Å²) in [6, 6.07) is 18.0. The topological polar surface area (TPSA) is 235 Å². The molecule has 0 heterocycles. The van der Waals surface area contributed by atoms with Gasteiger partial charge in [-0.3, -0.25) is 18.7 Å². The lowest BCUT2D eigenvalue weighted by Gasteiger charge is -2.13. The van der Waals surface area contributed by atoms with Crippen LogP contribution >= 0.6 is 0 Å². The van der Waals surface area contributed by atoms with Gasteiger partial charge in [0, 0.05) is 23.1 Å². The van der Waals surface area contributed by atoms with Crippen LogP contribution in [0.4, 0.5) is 17.1 Å². The van der Waals surface area contributed by atoms with Gasteiger partial charge in [-0.1, -0.05) is 24.3 Å². The molecule has 0 atom stereocenters. The molecule has 0 saturated heterocycles. The van der Waals surface area contributed by atoms with E-state index in [1.165, 1.54) is 36.4 Å². The fourth-order valence-electron chi connectivity index (χ4n) is 4.50. The van der Waals surface area contributed by atoms with E-state index in [9.17, 15) is 40.6 Å². The van der Waals surface area contributed by atoms with Crippen LogP contribution < -0.4 is 15.8 Å². The van der Waals surface area contributed by atoms with Gasteiger partial charge >= 0.3 is 0 Å². The molecule has 2 amide bonds. The molecule has 5 aromatic rings. The van der Waals surface area contributed by atoms with E-state index in [0.717, 1.165) is 25.1 Å². The van der Waals surface area contributed by atoms with Crippen LogP contribution in [0, 0.1) is 0 Å². The number of benzene rings is 5. The molecule has 0 radical (unpaired) electrons. The number of azo groups is 1. The summed E-state index contributed by atoms with van der Waals surface area (Å²) < 4.78 is 73.3. The Kier molecular flexibility index (Phi) is 7.99. The predicted molar refractivity (Wildman–Crippen MR) is 163 cm³/mol. The van der Waals surface area contributed by atoms with Crippen molar-refractivity contribution >= 4 is 70.7 Å². The van der Waals surface area contributed by atoms with Crippen molar-refractivity contribution in [2.24, 2.45) is 16.0 Å². The number of primary amides is 1. The minimum atomic E-state index is -4.91. The SMILES string of the molecule is CC(=O)Nc1cc(S(=O)(=O)O)cc2cc(S(=O)(=O)O)c(N=Nc3ccc(Oc4cc(C(N)=O)c(O)c5ccccc45)cc3)cc12. The monoisotopic (exact) mass is 650 g/mol. The summed E-state index contributed by atoms with van der Waals surface area (Å²) in [5.41, 5.74) is 5.08. The number of nitrogens with one attached hydrogen (secondary N) is 1. The van der Waals surface area contributed by atoms with Crippen molar-refractivity contribution in [3.05, 3.63) is 84.4 Å². The molecule has 0 aliphatic carbocycles. The number of rotatable bonds is 8. The van der Waals surface area contributed by atoms with Gasteiger partial charge in [-0.05, 0) is 60.0 Å². The van der Waals surface area contributed by atoms with Crippen molar-refractivity contribution in [3.8, 4) is 17.2 Å². The van der Waals surface area contributed by atoms with E-state index in [-0.39, 0.29) is 44.9 Å². The molecule has 0 aliphatic heterocycles. The van der Waals surface area contributed by atoms with Crippen LogP contribution in [0.1, 0.15) is 17.3 Å². The number of carbonyl (C=O) groups is 2. The molecule has 16 heteroatoms. The Labute approximate surface area is 255 Å². The Morgan fingerprint density at radius 1 is 0.822 bits per heavy atom. The highest BCUT2D eigenvalue weighted by atomic mass is 32.2. The van der Waals surface area contributed by atoms with Crippen molar-refractivity contribution in [1.29, 1.82) is 0 Å². The van der Waals surface area contributed by atoms with E-state index in [1.54, 1.807) is 24.3 Å². The molecule has 0 saturated carbocycles. The largest absolute Gasteiger partial charge is 0.506 e. The first-order chi connectivity index (χ1) is 21.1. The second-order valence-electron chi connectivity index (χ2n) is 9.62. The number of aromatic hydroxyl groups is 1. The van der Waals surface area contributed by atoms with Crippen molar-refractivity contribution in [3.63, 3.8) is 0 Å². The summed E-state index contributed by atoms with van der Waals surface area (Å²) in [4.78, 5) is 22.3. The summed E-state index contributed by atoms with van der Waals surface area (Å²) in [6.45, 7) is 1.16. The van der Waals surface area contributed by atoms with Gasteiger partial charge in [-0.15, -0.1) is 5.11 Å². The minimum Gasteiger partial charge on any atom is -0.506 e. The predicted octanol–water partition coefficient (Wildman–Crippen LogP) is 5.46. The van der Waals surface area contributed by atoms with Gasteiger partial charge in [0.1, 0.15) is 27.8 Å². The molecule has 0 spiro atoms. The zero-order valence-electron chi connectivity index (χ0n) is 23.0. The summed E-state index contributed by atoms with van der Waals surface area (Å²) in [5, 5.41) is 21.8. The van der Waals surface area contributed by atoms with E-state index >= 15 is 0 Å². The highest BCUT2D eigenvalue weighted by molar-refractivity contribution is 7.86. The summed E-state index contributed by atoms with van der Waals surface area (Å²) in [5.74, 6) is -1.16. The number of hydrogen-bond donors (Lipinski definition) is 5. The van der Waals surface area contributed by atoms with Crippen molar-refractivity contribution in [1.82, 2.24) is 0 Å². The summed E-state index contributed by atoms with van der Waals surface area (Å²) in [7, 11) is -9.66. The number of amides is 2. The lowest BCUT2D eigenvalue weighted by Crippen LogP contribution is -2.11. The van der Waals surface area contributed by atoms with Crippen LogP contribution in [0.3, 0.4) is 0 Å². The third-order valence-electron chi connectivity index (χ3n) is 6.47. The highest BCUT2D eigenvalue weighted by Crippen LogP contribution is 2.39. The zero-order chi connectivity index (χ0) is 32.7. The molecule has 5 aromatic carbocycles. The Hall–Kier alpha value is -5.42. The fourth-order valence-corrected chi connectivity index (χ4v) is 5.68. The number of nitrogens with two attached hydrogens (primary N) is 1. The average Bonchev–Trinajstić information content (AvgIpc) is 2.96. The zero-order valence-corrected chi connectivity index (χ0v) is 24.6. The number of fused-ring (bicyclic) bond motifs is 2. The molecule has 230 valence electrons. The summed E-state index contributed by atoms with van der Waals surface area (Å²) in [6.07, 6.45) is 0. The van der Waals surface area contributed by atoms with Gasteiger partial charge in [-0.25, -0.2) is 0 Å². The van der Waals surface area contributed by atoms with Crippen molar-refractivity contribution in [2.75, 3.05) is 5.32 Å². The molecule has 5 rings (SSSR count). The van der Waals surface area contributed by atoms with E-state index < -0.39 is 41.8 Å². The van der Waals surface area contributed by atoms with E-state index in [1.807, 2.05) is 0 Å². The molecule has 0 aromatic heterocycles. The van der Waals surface area contributed by atoms with Crippen LogP contribution in [-0.2, 0) is 25.0 Å². The normalized spacial score (nSPS) is 12.1. The first-order valence-corrected chi connectivity index (χ1v) is 15.6. The second-order valence-corrected chi connectivity index (χ2v) is 12.4. The number of phenols is 1. The number of anilines is 1. The molecule has 14 nitrogen and oxygen atoms in total. The van der Waals surface area contributed by atoms with Crippen LogP contribution in [0.5, 0.6) is 17.2 Å². The molecule has 45 heavy (non-hydrogen) atoms. The third kappa shape index (κ3) is 6.58. The van der Waals surface area contributed by atoms with Gasteiger partial charge in [0.2, 0.25) is 5.91 Å². The maximum atomic E-state index is 12.2. The van der Waals surface area contributed by atoms with E-state index in [4.69, 9.17) is 10.5 Å². The van der Waals surface area contributed by atoms with Crippen LogP contribution in [0.15, 0.2) is 98.9 Å². The Morgan fingerprint density at radius 2 is 1.49 bits per heavy atom. The first-order valence-electron chi connectivity index (χ1n) is 12.7. The Balaban J connectivity index is 1.52. The molecular formula is C29H22N4O10S2. The number of hydrogen-bond acceptors (Lipinski definition) is 10. The van der Waals surface area contributed by atoms with Gasteiger partial charge in [0.25, 0.3) is 26.1 Å². The van der Waals surface area contributed by atoms with Crippen LogP contribution in [0.25, 0.3) is 21.5 Å². The standard InChI is InChI=1S/C29H22N4O10S2/c1-15(34)31-24-12-19(44(37,38)39)10-16-11-27(45(40,41)42)25(13-22(16)24)33-32-17-6-8-18(9-7-17)43-26-14-23(29(30)36)28(35)21-5-3-2-4-20(21)26/h2-14,35H,1H3,(H2,30,36)(H,31,34)(H,37,38,39)(H,40,41,42). The molecule has 0 aliphatic rings. The molecule has 6 N–H and O–H groups in total. The van der Waals surface area contributed by atoms with Gasteiger partial charge < -0.3 is 20.9 Å². The molecule has 0 bridgehead atoms. The summed E-state index contributed by atoms with van der Waals surface area (Å²) >= 11 is 0. The molecule has 0 unspecified atom stereocenters. The molecule has 0 fully saturated rings. The van der Waals surface area contributed by atoms with Gasteiger partial charge in [0.05, 0.1) is 21.8 Å². The second kappa shape index (κ2) is 11.6. The average molecular weight is 651 g/mol. The van der Waals surface area contributed by atoms with E-state index in [2.05, 4.69) is 15.5 Å². The quantitative estimate of drug-likeness (QED) is 0.105. The highest BCUT2D eigenvalue weighted by Gasteiger charge is 2.21. The van der Waals surface area contributed by atoms with E-state index in [0.29, 0.717) is 16.5 Å². The van der Waals surface area contributed by atoms with Gasteiger partial charge in [-0.2, -0.15) is 21.9 Å². The minimum absolute atomic E-state index is 0.0526. The maximum Gasteiger partial charge on any atom is 0.296 e. The van der Waals surface area contributed by atoms with Crippen LogP contribution in [-0.4, -0.2) is 42.9 Å². The fraction of sp³-hybridized carbons (Fsp3) is 0.0345. The third-order valence-corrected chi connectivity index (χ3v) is 8.19. The first kappa shape index (κ1) is 31.0. The number of carbonyl (C=O) groups excluding carboxylic acids is 2. The number of ether oxygens (including phenoxy) is 1. The lowest BCUT2D eigenvalue weighted by molar-refractivity contribution is -0.114. The van der Waals surface area contributed by atoms with Crippen molar-refractivity contribution in [2.45, 2.75) is 16.7 Å². The van der Waals surface area contributed by atoms with Crippen LogP contribution in [0.2, 0.25) is 0 Å². The number of nitrogens with zero attached hydrogens (tertiary/aromatic N) is 2. The Bertz CT molecular complexity index is 2290. The van der Waals surface area contributed by atoms with Gasteiger partial charge in [0.15, 0.2) is 0 Å². The Morgan fingerprint density at radius 3 is 2.09 bits per heavy atom. The maximum absolute atomic E-state index is 12.2. The van der Waals surface area contributed by atoms with Crippen molar-refractivity contribution < 1.29 is 45.4 Å². The molecular weight excluding hydrogens is 628 g/mol. The lowest BCUT2D eigenvalue weighted by atomic mass is 10.0. The smallest absolute Gasteiger partial charge is 0.296 e.